The van der Waals surface area contributed by atoms with E-state index < -0.39 is 0 Å². The second kappa shape index (κ2) is 3.45. The van der Waals surface area contributed by atoms with Gasteiger partial charge in [-0.2, -0.15) is 0 Å². The van der Waals surface area contributed by atoms with Crippen molar-refractivity contribution in [1.29, 1.82) is 0 Å². The van der Waals surface area contributed by atoms with Gasteiger partial charge in [0.1, 0.15) is 0 Å². The molecule has 0 spiro atoms. The van der Waals surface area contributed by atoms with Gasteiger partial charge in [0.15, 0.2) is 0 Å². The van der Waals surface area contributed by atoms with E-state index in [9.17, 15) is 5.11 Å². The zero-order chi connectivity index (χ0) is 9.31. The predicted octanol–water partition coefficient (Wildman–Crippen LogP) is 2.89. The topological polar surface area (TPSA) is 20.2 Å². The molecule has 0 aromatic rings. The van der Waals surface area contributed by atoms with Crippen LogP contribution in [0.1, 0.15) is 44.9 Å². The molecule has 2 rings (SSSR count). The molecule has 0 unspecified atom stereocenters. The summed E-state index contributed by atoms with van der Waals surface area (Å²) in [7, 11) is 0. The van der Waals surface area contributed by atoms with E-state index in [0.717, 1.165) is 19.3 Å². The molecule has 2 aliphatic rings. The summed E-state index contributed by atoms with van der Waals surface area (Å²) in [6.07, 6.45) is 10.2. The lowest BCUT2D eigenvalue weighted by molar-refractivity contribution is -0.0144. The number of aliphatic hydroxyl groups is 1. The van der Waals surface area contributed by atoms with Crippen LogP contribution in [0.2, 0.25) is 0 Å². The van der Waals surface area contributed by atoms with E-state index >= 15 is 0 Å². The van der Waals surface area contributed by atoms with Gasteiger partial charge in [-0.15, -0.1) is 6.58 Å². The van der Waals surface area contributed by atoms with Gasteiger partial charge in [0.25, 0.3) is 0 Å². The minimum absolute atomic E-state index is 0.275. The Morgan fingerprint density at radius 1 is 1.23 bits per heavy atom. The van der Waals surface area contributed by atoms with Gasteiger partial charge in [-0.1, -0.05) is 6.08 Å². The Labute approximate surface area is 80.8 Å². The first-order chi connectivity index (χ1) is 6.27. The zero-order valence-electron chi connectivity index (χ0n) is 8.34. The minimum Gasteiger partial charge on any atom is -0.389 e. The lowest BCUT2D eigenvalue weighted by Crippen LogP contribution is -2.33. The van der Waals surface area contributed by atoms with Crippen molar-refractivity contribution < 1.29 is 5.11 Å². The number of hydrogen-bond donors (Lipinski definition) is 1. The zero-order valence-corrected chi connectivity index (χ0v) is 8.34. The highest BCUT2D eigenvalue weighted by atomic mass is 16.3. The van der Waals surface area contributed by atoms with Gasteiger partial charge >= 0.3 is 0 Å². The fourth-order valence-corrected chi connectivity index (χ4v) is 2.44. The highest BCUT2D eigenvalue weighted by Gasteiger charge is 2.52. The van der Waals surface area contributed by atoms with Crippen LogP contribution in [-0.2, 0) is 0 Å². The van der Waals surface area contributed by atoms with Crippen LogP contribution < -0.4 is 0 Å². The van der Waals surface area contributed by atoms with Crippen molar-refractivity contribution >= 4 is 0 Å². The number of allylic oxidation sites excluding steroid dienone is 1. The molecule has 0 bridgehead atoms. The van der Waals surface area contributed by atoms with Gasteiger partial charge in [-0.3, -0.25) is 0 Å². The molecule has 0 heterocycles. The third-order valence-electron chi connectivity index (χ3n) is 3.55. The van der Waals surface area contributed by atoms with E-state index in [2.05, 4.69) is 6.58 Å². The third kappa shape index (κ3) is 1.96. The van der Waals surface area contributed by atoms with Gasteiger partial charge in [0, 0.05) is 0 Å². The largest absolute Gasteiger partial charge is 0.389 e. The molecule has 0 saturated heterocycles. The van der Waals surface area contributed by atoms with Crippen molar-refractivity contribution in [3.8, 4) is 0 Å². The fourth-order valence-electron chi connectivity index (χ4n) is 2.44. The maximum absolute atomic E-state index is 10.5. The van der Waals surface area contributed by atoms with Crippen LogP contribution in [0.25, 0.3) is 0 Å². The van der Waals surface area contributed by atoms with Gasteiger partial charge in [-0.25, -0.2) is 0 Å². The molecule has 2 saturated carbocycles. The SMILES string of the molecule is C=CCCCC(O)(C1CC1)C1CC1. The second-order valence-electron chi connectivity index (χ2n) is 4.72. The maximum Gasteiger partial charge on any atom is 0.0703 e. The molecular weight excluding hydrogens is 160 g/mol. The second-order valence-corrected chi connectivity index (χ2v) is 4.72. The van der Waals surface area contributed by atoms with E-state index in [0.29, 0.717) is 11.8 Å². The summed E-state index contributed by atoms with van der Waals surface area (Å²) in [5.74, 6) is 1.29. The summed E-state index contributed by atoms with van der Waals surface area (Å²) in [6, 6.07) is 0. The molecule has 0 radical (unpaired) electrons. The Morgan fingerprint density at radius 2 is 1.77 bits per heavy atom. The molecule has 74 valence electrons. The van der Waals surface area contributed by atoms with Gasteiger partial charge in [-0.05, 0) is 56.8 Å². The van der Waals surface area contributed by atoms with Crippen molar-refractivity contribution in [2.45, 2.75) is 50.5 Å². The molecule has 13 heavy (non-hydrogen) atoms. The molecule has 0 atom stereocenters. The first-order valence-electron chi connectivity index (χ1n) is 5.60. The minimum atomic E-state index is -0.275. The normalized spacial score (nSPS) is 23.2. The Balaban J connectivity index is 1.84. The van der Waals surface area contributed by atoms with E-state index in [-0.39, 0.29) is 5.60 Å². The highest BCUT2D eigenvalue weighted by molar-refractivity contribution is 5.03. The number of hydrogen-bond acceptors (Lipinski definition) is 1. The first-order valence-corrected chi connectivity index (χ1v) is 5.60. The maximum atomic E-state index is 10.5. The van der Waals surface area contributed by atoms with Gasteiger partial charge in [0.05, 0.1) is 5.60 Å². The lowest BCUT2D eigenvalue weighted by Gasteiger charge is -2.28. The molecule has 0 aliphatic heterocycles. The highest BCUT2D eigenvalue weighted by Crippen LogP contribution is 2.54. The van der Waals surface area contributed by atoms with E-state index in [1.54, 1.807) is 0 Å². The van der Waals surface area contributed by atoms with Crippen LogP contribution in [0, 0.1) is 11.8 Å². The molecule has 0 amide bonds. The Hall–Kier alpha value is -0.300. The average Bonchev–Trinajstić information content (AvgIpc) is 2.95. The van der Waals surface area contributed by atoms with Crippen LogP contribution in [0.15, 0.2) is 12.7 Å². The summed E-state index contributed by atoms with van der Waals surface area (Å²) in [4.78, 5) is 0. The molecule has 2 fully saturated rings. The third-order valence-corrected chi connectivity index (χ3v) is 3.55. The molecule has 2 aliphatic carbocycles. The molecule has 1 nitrogen and oxygen atoms in total. The Kier molecular flexibility index (Phi) is 2.46. The first kappa shape index (κ1) is 9.26. The predicted molar refractivity (Wildman–Crippen MR) is 54.4 cm³/mol. The van der Waals surface area contributed by atoms with Crippen LogP contribution in [0.3, 0.4) is 0 Å². The summed E-state index contributed by atoms with van der Waals surface area (Å²) in [6.45, 7) is 3.72. The summed E-state index contributed by atoms with van der Waals surface area (Å²) >= 11 is 0. The van der Waals surface area contributed by atoms with Crippen LogP contribution in [0.4, 0.5) is 0 Å². The van der Waals surface area contributed by atoms with Crippen molar-refractivity contribution in [2.75, 3.05) is 0 Å². The van der Waals surface area contributed by atoms with Crippen LogP contribution >= 0.6 is 0 Å². The number of rotatable bonds is 6. The molecule has 0 aromatic carbocycles. The summed E-state index contributed by atoms with van der Waals surface area (Å²) in [5.41, 5.74) is -0.275. The summed E-state index contributed by atoms with van der Waals surface area (Å²) < 4.78 is 0. The van der Waals surface area contributed by atoms with Crippen molar-refractivity contribution in [3.63, 3.8) is 0 Å². The van der Waals surface area contributed by atoms with Crippen LogP contribution in [-0.4, -0.2) is 10.7 Å². The average molecular weight is 180 g/mol. The van der Waals surface area contributed by atoms with E-state index in [4.69, 9.17) is 0 Å². The smallest absolute Gasteiger partial charge is 0.0703 e. The van der Waals surface area contributed by atoms with Crippen molar-refractivity contribution in [2.24, 2.45) is 11.8 Å². The Morgan fingerprint density at radius 3 is 2.15 bits per heavy atom. The molecule has 1 N–H and O–H groups in total. The molecule has 1 heteroatoms. The number of unbranched alkanes of at least 4 members (excludes halogenated alkanes) is 1. The van der Waals surface area contributed by atoms with Gasteiger partial charge < -0.3 is 5.11 Å². The van der Waals surface area contributed by atoms with Crippen molar-refractivity contribution in [3.05, 3.63) is 12.7 Å². The standard InChI is InChI=1S/C12H20O/c1-2-3-4-9-12(13,10-5-6-10)11-7-8-11/h2,10-11,13H,1,3-9H2. The molecule has 0 aromatic heterocycles. The van der Waals surface area contributed by atoms with E-state index in [1.807, 2.05) is 6.08 Å². The lowest BCUT2D eigenvalue weighted by atomic mass is 9.86. The monoisotopic (exact) mass is 180 g/mol. The van der Waals surface area contributed by atoms with Crippen LogP contribution in [0.5, 0.6) is 0 Å². The van der Waals surface area contributed by atoms with E-state index in [1.165, 1.54) is 25.7 Å². The Bertz CT molecular complexity index is 177. The van der Waals surface area contributed by atoms with Crippen molar-refractivity contribution in [1.82, 2.24) is 0 Å². The quantitative estimate of drug-likeness (QED) is 0.492. The molecular formula is C12H20O. The van der Waals surface area contributed by atoms with Gasteiger partial charge in [0.2, 0.25) is 0 Å². The summed E-state index contributed by atoms with van der Waals surface area (Å²) in [5, 5.41) is 10.5. The fraction of sp³-hybridized carbons (Fsp3) is 0.833.